The quantitative estimate of drug-likeness (QED) is 0.621. The van der Waals surface area contributed by atoms with Crippen molar-refractivity contribution in [2.45, 2.75) is 32.4 Å². The molecule has 2 amide bonds. The Bertz CT molecular complexity index is 932. The number of halogens is 1. The number of ketones is 1. The highest BCUT2D eigenvalue weighted by Crippen LogP contribution is 2.29. The van der Waals surface area contributed by atoms with Gasteiger partial charge in [0, 0.05) is 26.0 Å². The molecule has 1 fully saturated rings. The lowest BCUT2D eigenvalue weighted by atomic mass is 9.95. The van der Waals surface area contributed by atoms with Crippen molar-refractivity contribution in [1.82, 2.24) is 10.6 Å². The lowest BCUT2D eigenvalue weighted by Gasteiger charge is -2.23. The predicted octanol–water partition coefficient (Wildman–Crippen LogP) is 1.16. The molecule has 0 spiro atoms. The molecule has 3 rings (SSSR count). The molecule has 2 aliphatic heterocycles. The van der Waals surface area contributed by atoms with Crippen LogP contribution in [0.2, 0.25) is 0 Å². The minimum Gasteiger partial charge on any atom is -0.458 e. The van der Waals surface area contributed by atoms with E-state index < -0.39 is 30.0 Å². The number of nitrogens with one attached hydrogen (secondary N) is 2. The summed E-state index contributed by atoms with van der Waals surface area (Å²) in [5.41, 5.74) is 1.32. The summed E-state index contributed by atoms with van der Waals surface area (Å²) in [5, 5.41) is 5.60. The van der Waals surface area contributed by atoms with Crippen LogP contribution in [-0.4, -0.2) is 62.1 Å². The number of rotatable bonds is 7. The lowest BCUT2D eigenvalue weighted by Crippen LogP contribution is -2.40. The van der Waals surface area contributed by atoms with Crippen LogP contribution in [0, 0.1) is 5.82 Å². The van der Waals surface area contributed by atoms with E-state index in [4.69, 9.17) is 9.47 Å². The van der Waals surface area contributed by atoms with E-state index in [-0.39, 0.29) is 31.4 Å². The normalized spacial score (nSPS) is 20.7. The van der Waals surface area contributed by atoms with Gasteiger partial charge in [0.2, 0.25) is 5.91 Å². The first-order valence-corrected chi connectivity index (χ1v) is 9.87. The summed E-state index contributed by atoms with van der Waals surface area (Å²) in [7, 11) is 0. The average Bonchev–Trinajstić information content (AvgIpc) is 3.11. The van der Waals surface area contributed by atoms with Crippen LogP contribution in [0.15, 0.2) is 24.3 Å². The SMILES string of the molecule is CC(=O)NC[C@H]1CN(c2ccc(C3=CC(C(=O)COC(C)=O)NCC3)c(F)c2)C(=O)O1. The summed E-state index contributed by atoms with van der Waals surface area (Å²) >= 11 is 0. The predicted molar refractivity (Wildman–Crippen MR) is 109 cm³/mol. The van der Waals surface area contributed by atoms with Gasteiger partial charge in [-0.1, -0.05) is 6.08 Å². The van der Waals surface area contributed by atoms with Gasteiger partial charge in [0.1, 0.15) is 11.9 Å². The van der Waals surface area contributed by atoms with Crippen LogP contribution in [0.5, 0.6) is 0 Å². The second-order valence-electron chi connectivity index (χ2n) is 7.34. The van der Waals surface area contributed by atoms with Gasteiger partial charge in [-0.25, -0.2) is 9.18 Å². The van der Waals surface area contributed by atoms with Crippen LogP contribution in [-0.2, 0) is 23.9 Å². The minimum absolute atomic E-state index is 0.181. The largest absolute Gasteiger partial charge is 0.458 e. The fourth-order valence-electron chi connectivity index (χ4n) is 3.43. The van der Waals surface area contributed by atoms with E-state index in [0.29, 0.717) is 29.8 Å². The maximum absolute atomic E-state index is 14.9. The summed E-state index contributed by atoms with van der Waals surface area (Å²) in [5.74, 6) is -1.64. The van der Waals surface area contributed by atoms with Gasteiger partial charge in [0.05, 0.1) is 24.8 Å². The Morgan fingerprint density at radius 1 is 1.32 bits per heavy atom. The molecule has 0 aromatic heterocycles. The molecular weight excluding hydrogens is 409 g/mol. The van der Waals surface area contributed by atoms with Gasteiger partial charge in [0.25, 0.3) is 0 Å². The number of hydrogen-bond donors (Lipinski definition) is 2. The third kappa shape index (κ3) is 5.66. The van der Waals surface area contributed by atoms with Gasteiger partial charge in [-0.3, -0.25) is 19.3 Å². The summed E-state index contributed by atoms with van der Waals surface area (Å²) in [4.78, 5) is 47.6. The first-order valence-electron chi connectivity index (χ1n) is 9.87. The van der Waals surface area contributed by atoms with Crippen LogP contribution >= 0.6 is 0 Å². The molecule has 0 saturated carbocycles. The molecule has 0 radical (unpaired) electrons. The highest BCUT2D eigenvalue weighted by atomic mass is 19.1. The molecule has 2 N–H and O–H groups in total. The fraction of sp³-hybridized carbons (Fsp3) is 0.429. The van der Waals surface area contributed by atoms with Gasteiger partial charge in [-0.15, -0.1) is 0 Å². The second-order valence-corrected chi connectivity index (χ2v) is 7.34. The monoisotopic (exact) mass is 433 g/mol. The number of esters is 1. The summed E-state index contributed by atoms with van der Waals surface area (Å²) in [6, 6.07) is 3.74. The highest BCUT2D eigenvalue weighted by Gasteiger charge is 2.33. The number of cyclic esters (lactones) is 1. The van der Waals surface area contributed by atoms with Crippen LogP contribution in [0.3, 0.4) is 0 Å². The van der Waals surface area contributed by atoms with Crippen molar-refractivity contribution in [2.24, 2.45) is 0 Å². The average molecular weight is 433 g/mol. The number of Topliss-reactive ketones (excluding diaryl/α,β-unsaturated/α-hetero) is 1. The maximum Gasteiger partial charge on any atom is 0.414 e. The van der Waals surface area contributed by atoms with E-state index in [0.717, 1.165) is 0 Å². The van der Waals surface area contributed by atoms with Gasteiger partial charge in [-0.05, 0) is 30.2 Å². The smallest absolute Gasteiger partial charge is 0.414 e. The molecule has 2 aliphatic rings. The molecule has 2 heterocycles. The first kappa shape index (κ1) is 22.4. The molecule has 10 heteroatoms. The Labute approximate surface area is 178 Å². The Morgan fingerprint density at radius 2 is 2.10 bits per heavy atom. The molecular formula is C21H24FN3O6. The van der Waals surface area contributed by atoms with E-state index in [2.05, 4.69) is 10.6 Å². The van der Waals surface area contributed by atoms with Crippen LogP contribution < -0.4 is 15.5 Å². The van der Waals surface area contributed by atoms with E-state index in [1.54, 1.807) is 18.2 Å². The summed E-state index contributed by atoms with van der Waals surface area (Å²) in [6.45, 7) is 3.07. The molecule has 1 saturated heterocycles. The highest BCUT2D eigenvalue weighted by molar-refractivity contribution is 5.92. The van der Waals surface area contributed by atoms with Crippen molar-refractivity contribution < 1.29 is 33.0 Å². The molecule has 1 aromatic carbocycles. The van der Waals surface area contributed by atoms with Gasteiger partial charge >= 0.3 is 12.1 Å². The molecule has 9 nitrogen and oxygen atoms in total. The standard InChI is InChI=1S/C21H24FN3O6/c1-12(26)24-9-16-10-25(21(29)31-16)15-3-4-17(18(22)8-15)14-5-6-23-19(7-14)20(28)11-30-13(2)27/h3-4,7-8,16,19,23H,5-6,9-11H2,1-2H3,(H,24,26)/t16-,19?/m0/s1. The van der Waals surface area contributed by atoms with Crippen molar-refractivity contribution in [1.29, 1.82) is 0 Å². The number of carbonyl (C=O) groups is 4. The molecule has 0 aliphatic carbocycles. The molecule has 31 heavy (non-hydrogen) atoms. The maximum atomic E-state index is 14.9. The molecule has 166 valence electrons. The number of ether oxygens (including phenoxy) is 2. The third-order valence-corrected chi connectivity index (χ3v) is 4.95. The topological polar surface area (TPSA) is 114 Å². The van der Waals surface area contributed by atoms with Crippen molar-refractivity contribution in [3.8, 4) is 0 Å². The molecule has 1 unspecified atom stereocenters. The van der Waals surface area contributed by atoms with Gasteiger partial charge < -0.3 is 20.1 Å². The number of amides is 2. The van der Waals surface area contributed by atoms with Crippen LogP contribution in [0.4, 0.5) is 14.9 Å². The van der Waals surface area contributed by atoms with E-state index in [1.165, 1.54) is 24.8 Å². The lowest BCUT2D eigenvalue weighted by molar-refractivity contribution is -0.146. The Morgan fingerprint density at radius 3 is 2.77 bits per heavy atom. The van der Waals surface area contributed by atoms with Crippen molar-refractivity contribution in [3.63, 3.8) is 0 Å². The zero-order valence-corrected chi connectivity index (χ0v) is 17.3. The van der Waals surface area contributed by atoms with Crippen molar-refractivity contribution in [2.75, 3.05) is 31.1 Å². The zero-order valence-electron chi connectivity index (χ0n) is 17.3. The summed E-state index contributed by atoms with van der Waals surface area (Å²) < 4.78 is 24.8. The van der Waals surface area contributed by atoms with Crippen LogP contribution in [0.1, 0.15) is 25.8 Å². The number of anilines is 1. The minimum atomic E-state index is -0.676. The first-order chi connectivity index (χ1) is 14.7. The number of carbonyl (C=O) groups excluding carboxylic acids is 4. The fourth-order valence-corrected chi connectivity index (χ4v) is 3.43. The Balaban J connectivity index is 1.71. The molecule has 1 aromatic rings. The van der Waals surface area contributed by atoms with Gasteiger partial charge in [-0.2, -0.15) is 0 Å². The van der Waals surface area contributed by atoms with Crippen molar-refractivity contribution >= 4 is 35.0 Å². The second kappa shape index (κ2) is 9.69. The van der Waals surface area contributed by atoms with E-state index in [9.17, 15) is 23.6 Å². The van der Waals surface area contributed by atoms with Gasteiger partial charge in [0.15, 0.2) is 12.4 Å². The summed E-state index contributed by atoms with van der Waals surface area (Å²) in [6.07, 6.45) is 1.01. The van der Waals surface area contributed by atoms with Crippen molar-refractivity contribution in [3.05, 3.63) is 35.7 Å². The Hall–Kier alpha value is -3.27. The Kier molecular flexibility index (Phi) is 7.01. The van der Waals surface area contributed by atoms with E-state index in [1.807, 2.05) is 0 Å². The number of nitrogens with zero attached hydrogens (tertiary/aromatic N) is 1. The van der Waals surface area contributed by atoms with Crippen LogP contribution in [0.25, 0.3) is 5.57 Å². The molecule has 2 atom stereocenters. The van der Waals surface area contributed by atoms with E-state index >= 15 is 0 Å². The number of hydrogen-bond acceptors (Lipinski definition) is 7. The molecule has 0 bridgehead atoms. The number of benzene rings is 1. The zero-order chi connectivity index (χ0) is 22.5. The third-order valence-electron chi connectivity index (χ3n) is 4.95.